The lowest BCUT2D eigenvalue weighted by Gasteiger charge is -2.30. The van der Waals surface area contributed by atoms with Crippen molar-refractivity contribution in [2.24, 2.45) is 0 Å². The fourth-order valence-corrected chi connectivity index (χ4v) is 5.69. The van der Waals surface area contributed by atoms with Gasteiger partial charge in [0.2, 0.25) is 5.91 Å². The number of nitrogens with one attached hydrogen (secondary N) is 2. The predicted octanol–water partition coefficient (Wildman–Crippen LogP) is 3.52. The third-order valence-corrected chi connectivity index (χ3v) is 7.85. The molecule has 33 heavy (non-hydrogen) atoms. The Hall–Kier alpha value is -2.31. The van der Waals surface area contributed by atoms with Gasteiger partial charge in [-0.2, -0.15) is 0 Å². The van der Waals surface area contributed by atoms with Crippen molar-refractivity contribution in [2.75, 3.05) is 36.8 Å². The molecule has 0 spiro atoms. The van der Waals surface area contributed by atoms with Crippen molar-refractivity contribution in [3.8, 4) is 0 Å². The first-order valence-electron chi connectivity index (χ1n) is 12.3. The first kappa shape index (κ1) is 23.8. The van der Waals surface area contributed by atoms with Crippen LogP contribution in [0.15, 0.2) is 41.3 Å². The van der Waals surface area contributed by atoms with Crippen LogP contribution in [0.4, 0.5) is 5.69 Å². The van der Waals surface area contributed by atoms with Crippen LogP contribution in [-0.2, 0) is 11.3 Å². The fourth-order valence-electron chi connectivity index (χ4n) is 4.78. The van der Waals surface area contributed by atoms with Gasteiger partial charge < -0.3 is 15.1 Å². The van der Waals surface area contributed by atoms with Crippen LogP contribution < -0.4 is 15.1 Å². The number of hydrogen-bond donors (Lipinski definition) is 2. The van der Waals surface area contributed by atoms with E-state index in [9.17, 15) is 9.59 Å². The van der Waals surface area contributed by atoms with Crippen molar-refractivity contribution in [1.29, 1.82) is 0 Å². The van der Waals surface area contributed by atoms with Crippen molar-refractivity contribution < 1.29 is 14.5 Å². The maximum Gasteiger partial charge on any atom is 0.251 e. The Morgan fingerprint density at radius 3 is 2.64 bits per heavy atom. The van der Waals surface area contributed by atoms with E-state index in [2.05, 4.69) is 37.4 Å². The fraction of sp³-hybridized carbons (Fsp3) is 0.481. The van der Waals surface area contributed by atoms with Crippen LogP contribution >= 0.6 is 11.8 Å². The lowest BCUT2D eigenvalue weighted by atomic mass is 10.0. The summed E-state index contributed by atoms with van der Waals surface area (Å²) in [5.74, 6) is 0.465. The van der Waals surface area contributed by atoms with Crippen LogP contribution in [-0.4, -0.2) is 43.7 Å². The van der Waals surface area contributed by atoms with Gasteiger partial charge in [-0.1, -0.05) is 23.8 Å². The molecule has 0 saturated carbocycles. The van der Waals surface area contributed by atoms with E-state index in [-0.39, 0.29) is 11.8 Å². The number of quaternary nitrogens is 1. The number of likely N-dealkylation sites (tertiary alicyclic amines) is 1. The van der Waals surface area contributed by atoms with Crippen LogP contribution in [0.2, 0.25) is 0 Å². The summed E-state index contributed by atoms with van der Waals surface area (Å²) < 4.78 is 0. The molecule has 176 valence electrons. The summed E-state index contributed by atoms with van der Waals surface area (Å²) in [6, 6.07) is 12.1. The van der Waals surface area contributed by atoms with Gasteiger partial charge in [0.05, 0.1) is 37.6 Å². The van der Waals surface area contributed by atoms with Crippen LogP contribution in [0.25, 0.3) is 0 Å². The van der Waals surface area contributed by atoms with E-state index in [0.717, 1.165) is 29.1 Å². The molecule has 2 aromatic rings. The zero-order chi connectivity index (χ0) is 23.2. The van der Waals surface area contributed by atoms with Gasteiger partial charge in [-0.15, -0.1) is 11.8 Å². The van der Waals surface area contributed by atoms with Crippen molar-refractivity contribution in [3.63, 3.8) is 0 Å². The van der Waals surface area contributed by atoms with Gasteiger partial charge in [0, 0.05) is 23.4 Å². The minimum absolute atomic E-state index is 0.0571. The minimum atomic E-state index is -0.0571. The molecule has 4 rings (SSSR count). The topological polar surface area (TPSA) is 53.9 Å². The van der Waals surface area contributed by atoms with Crippen LogP contribution in [0, 0.1) is 13.8 Å². The molecule has 2 amide bonds. The molecule has 2 N–H and O–H groups in total. The summed E-state index contributed by atoms with van der Waals surface area (Å²) >= 11 is 1.55. The predicted molar refractivity (Wildman–Crippen MR) is 135 cm³/mol. The van der Waals surface area contributed by atoms with Gasteiger partial charge in [-0.25, -0.2) is 0 Å². The molecule has 0 atom stereocenters. The highest BCUT2D eigenvalue weighted by Gasteiger charge is 2.26. The van der Waals surface area contributed by atoms with Crippen molar-refractivity contribution in [3.05, 3.63) is 58.7 Å². The third-order valence-electron chi connectivity index (χ3n) is 6.80. The number of carbonyl (C=O) groups is 2. The van der Waals surface area contributed by atoms with Gasteiger partial charge >= 0.3 is 0 Å². The molecule has 0 radical (unpaired) electrons. The highest BCUT2D eigenvalue weighted by molar-refractivity contribution is 8.00. The number of hydrogen-bond acceptors (Lipinski definition) is 3. The molecule has 0 aromatic heterocycles. The van der Waals surface area contributed by atoms with Crippen LogP contribution in [0.1, 0.15) is 59.2 Å². The summed E-state index contributed by atoms with van der Waals surface area (Å²) in [4.78, 5) is 30.3. The Morgan fingerprint density at radius 2 is 1.85 bits per heavy atom. The van der Waals surface area contributed by atoms with E-state index in [1.165, 1.54) is 49.9 Å². The van der Waals surface area contributed by atoms with Gasteiger partial charge in [-0.3, -0.25) is 9.59 Å². The molecule has 0 unspecified atom stereocenters. The van der Waals surface area contributed by atoms with Gasteiger partial charge in [0.1, 0.15) is 0 Å². The molecule has 2 aliphatic rings. The smallest absolute Gasteiger partial charge is 0.251 e. The van der Waals surface area contributed by atoms with E-state index in [1.807, 2.05) is 23.1 Å². The molecular formula is C27H36N3O2S+. The standard InChI is InChI=1S/C27H35N3O2S/c1-20-8-9-21(2)23(16-20)18-30-24-17-22(10-11-25(24)33-19-26(30)31)27(32)28-12-7-15-29-13-5-3-4-6-14-29/h8-11,16-17H,3-7,12-15,18-19H2,1-2H3,(H,28,32)/p+1. The highest BCUT2D eigenvalue weighted by Crippen LogP contribution is 2.37. The molecule has 2 heterocycles. The number of amides is 2. The number of nitrogens with zero attached hydrogens (tertiary/aromatic N) is 1. The Morgan fingerprint density at radius 1 is 1.06 bits per heavy atom. The molecule has 5 nitrogen and oxygen atoms in total. The Kier molecular flexibility index (Phi) is 8.10. The van der Waals surface area contributed by atoms with E-state index in [1.54, 1.807) is 16.7 Å². The summed E-state index contributed by atoms with van der Waals surface area (Å²) in [7, 11) is 0. The van der Waals surface area contributed by atoms with Crippen molar-refractivity contribution >= 4 is 29.3 Å². The number of anilines is 1. The number of rotatable bonds is 7. The average molecular weight is 467 g/mol. The average Bonchev–Trinajstić information content (AvgIpc) is 3.09. The second kappa shape index (κ2) is 11.2. The van der Waals surface area contributed by atoms with Gasteiger partial charge in [0.25, 0.3) is 5.91 Å². The summed E-state index contributed by atoms with van der Waals surface area (Å²) in [6.07, 6.45) is 6.37. The number of benzene rings is 2. The normalized spacial score (nSPS) is 16.9. The number of carbonyl (C=O) groups excluding carboxylic acids is 2. The lowest BCUT2D eigenvalue weighted by Crippen LogP contribution is -3.11. The SMILES string of the molecule is Cc1ccc(C)c(CN2C(=O)CSc3ccc(C(=O)NCCC[NH+]4CCCCCC4)cc32)c1. The first-order valence-corrected chi connectivity index (χ1v) is 13.2. The molecule has 2 aliphatic heterocycles. The minimum Gasteiger partial charge on any atom is -0.352 e. The Bertz CT molecular complexity index is 999. The van der Waals surface area contributed by atoms with E-state index in [4.69, 9.17) is 0 Å². The lowest BCUT2D eigenvalue weighted by molar-refractivity contribution is -0.899. The van der Waals surface area contributed by atoms with E-state index in [0.29, 0.717) is 24.4 Å². The maximum atomic E-state index is 12.9. The van der Waals surface area contributed by atoms with Crippen molar-refractivity contribution in [2.45, 2.75) is 57.4 Å². The molecule has 0 bridgehead atoms. The maximum absolute atomic E-state index is 12.9. The van der Waals surface area contributed by atoms with E-state index < -0.39 is 0 Å². The van der Waals surface area contributed by atoms with Crippen molar-refractivity contribution in [1.82, 2.24) is 5.32 Å². The summed E-state index contributed by atoms with van der Waals surface area (Å²) in [5, 5.41) is 3.09. The van der Waals surface area contributed by atoms with Gasteiger partial charge in [0.15, 0.2) is 0 Å². The number of aryl methyl sites for hydroxylation is 2. The largest absolute Gasteiger partial charge is 0.352 e. The Balaban J connectivity index is 1.40. The van der Waals surface area contributed by atoms with Gasteiger partial charge in [-0.05, 0) is 68.9 Å². The molecule has 1 fully saturated rings. The molecule has 1 saturated heterocycles. The third kappa shape index (κ3) is 6.18. The highest BCUT2D eigenvalue weighted by atomic mass is 32.2. The number of thioether (sulfide) groups is 1. The second-order valence-electron chi connectivity index (χ2n) is 9.40. The second-order valence-corrected chi connectivity index (χ2v) is 10.4. The number of fused-ring (bicyclic) bond motifs is 1. The monoisotopic (exact) mass is 466 g/mol. The van der Waals surface area contributed by atoms with E-state index >= 15 is 0 Å². The quantitative estimate of drug-likeness (QED) is 0.614. The first-order chi connectivity index (χ1) is 16.0. The molecule has 0 aliphatic carbocycles. The Labute approximate surface area is 201 Å². The zero-order valence-electron chi connectivity index (χ0n) is 19.9. The molecular weight excluding hydrogens is 430 g/mol. The zero-order valence-corrected chi connectivity index (χ0v) is 20.7. The summed E-state index contributed by atoms with van der Waals surface area (Å²) in [6.45, 7) is 9.03. The van der Waals surface area contributed by atoms with Crippen LogP contribution in [0.3, 0.4) is 0 Å². The van der Waals surface area contributed by atoms with Crippen LogP contribution in [0.5, 0.6) is 0 Å². The molecule has 2 aromatic carbocycles. The molecule has 6 heteroatoms. The summed E-state index contributed by atoms with van der Waals surface area (Å²) in [5.41, 5.74) is 4.97.